The molecule has 1 saturated heterocycles. The van der Waals surface area contributed by atoms with Gasteiger partial charge in [0.15, 0.2) is 0 Å². The van der Waals surface area contributed by atoms with Crippen molar-refractivity contribution in [2.24, 2.45) is 5.92 Å². The van der Waals surface area contributed by atoms with Gasteiger partial charge in [0.2, 0.25) is 15.9 Å². The molecule has 1 fully saturated rings. The van der Waals surface area contributed by atoms with E-state index in [4.69, 9.17) is 4.42 Å². The number of carbonyl (C=O) groups excluding carboxylic acids is 1. The Morgan fingerprint density at radius 1 is 1.19 bits per heavy atom. The van der Waals surface area contributed by atoms with Crippen molar-refractivity contribution in [2.75, 3.05) is 26.2 Å². The Hall–Kier alpha value is -2.13. The molecule has 1 aromatic heterocycles. The van der Waals surface area contributed by atoms with Gasteiger partial charge in [-0.15, -0.1) is 6.58 Å². The van der Waals surface area contributed by atoms with Crippen LogP contribution in [0.4, 0.5) is 0 Å². The molecule has 0 radical (unpaired) electrons. The van der Waals surface area contributed by atoms with Crippen LogP contribution in [0.15, 0.2) is 21.5 Å². The van der Waals surface area contributed by atoms with E-state index in [1.54, 1.807) is 4.90 Å². The first kappa shape index (κ1) is 21.2. The second-order valence-electron chi connectivity index (χ2n) is 7.02. The van der Waals surface area contributed by atoms with E-state index in [1.807, 2.05) is 13.8 Å². The summed E-state index contributed by atoms with van der Waals surface area (Å²) in [5, 5.41) is 9.37. The number of carboxylic acid groups (broad SMARTS) is 1. The van der Waals surface area contributed by atoms with Crippen LogP contribution in [0, 0.1) is 19.8 Å². The standard InChI is InChI=1S/C18H26N2O6S/c1-11(2)10-12(3)17(21)19-6-8-20(9-7-19)27(24,25)16-14(5)26-13(4)15(16)18(22)23/h12H,1,6-10H2,2-5H3,(H,22,23). The van der Waals surface area contributed by atoms with Gasteiger partial charge in [-0.3, -0.25) is 4.79 Å². The van der Waals surface area contributed by atoms with Crippen molar-refractivity contribution in [3.8, 4) is 0 Å². The van der Waals surface area contributed by atoms with E-state index in [9.17, 15) is 23.1 Å². The molecule has 27 heavy (non-hydrogen) atoms. The summed E-state index contributed by atoms with van der Waals surface area (Å²) in [5.74, 6) is -1.47. The highest BCUT2D eigenvalue weighted by atomic mass is 32.2. The number of aryl methyl sites for hydroxylation is 2. The van der Waals surface area contributed by atoms with Crippen LogP contribution in [0.1, 0.15) is 42.1 Å². The second kappa shape index (κ2) is 7.85. The first-order valence-electron chi connectivity index (χ1n) is 8.73. The zero-order valence-electron chi connectivity index (χ0n) is 16.1. The van der Waals surface area contributed by atoms with Crippen LogP contribution in [0.3, 0.4) is 0 Å². The average molecular weight is 398 g/mol. The molecule has 1 unspecified atom stereocenters. The molecular formula is C18H26N2O6S. The Balaban J connectivity index is 2.18. The highest BCUT2D eigenvalue weighted by Crippen LogP contribution is 2.30. The Morgan fingerprint density at radius 2 is 1.74 bits per heavy atom. The van der Waals surface area contributed by atoms with Crippen molar-refractivity contribution >= 4 is 21.9 Å². The van der Waals surface area contributed by atoms with E-state index in [0.29, 0.717) is 6.42 Å². The van der Waals surface area contributed by atoms with Crippen LogP contribution < -0.4 is 0 Å². The molecule has 1 aromatic rings. The maximum absolute atomic E-state index is 13.0. The fraction of sp³-hybridized carbons (Fsp3) is 0.556. The third-order valence-electron chi connectivity index (χ3n) is 4.64. The molecule has 2 heterocycles. The summed E-state index contributed by atoms with van der Waals surface area (Å²) in [6, 6.07) is 0. The molecule has 8 nitrogen and oxygen atoms in total. The van der Waals surface area contributed by atoms with Gasteiger partial charge in [0.1, 0.15) is 22.0 Å². The van der Waals surface area contributed by atoms with Crippen molar-refractivity contribution in [3.63, 3.8) is 0 Å². The zero-order chi connectivity index (χ0) is 20.5. The predicted octanol–water partition coefficient (Wildman–Crippen LogP) is 2.03. The van der Waals surface area contributed by atoms with Crippen molar-refractivity contribution in [2.45, 2.75) is 39.0 Å². The number of carbonyl (C=O) groups is 2. The lowest BCUT2D eigenvalue weighted by molar-refractivity contribution is -0.136. The highest BCUT2D eigenvalue weighted by Gasteiger charge is 2.37. The minimum atomic E-state index is -4.03. The summed E-state index contributed by atoms with van der Waals surface area (Å²) >= 11 is 0. The van der Waals surface area contributed by atoms with E-state index in [-0.39, 0.29) is 60.0 Å². The molecule has 1 atom stereocenters. The number of aromatic carboxylic acids is 1. The molecule has 1 N–H and O–H groups in total. The monoisotopic (exact) mass is 398 g/mol. The molecule has 9 heteroatoms. The third kappa shape index (κ3) is 4.24. The van der Waals surface area contributed by atoms with Crippen molar-refractivity contribution in [1.29, 1.82) is 0 Å². The van der Waals surface area contributed by atoms with E-state index in [1.165, 1.54) is 18.2 Å². The van der Waals surface area contributed by atoms with Crippen LogP contribution in [0.25, 0.3) is 0 Å². The summed E-state index contributed by atoms with van der Waals surface area (Å²) in [5.41, 5.74) is 0.588. The molecule has 0 saturated carbocycles. The lowest BCUT2D eigenvalue weighted by atomic mass is 10.0. The predicted molar refractivity (Wildman–Crippen MR) is 99.1 cm³/mol. The van der Waals surface area contributed by atoms with Gasteiger partial charge in [-0.25, -0.2) is 13.2 Å². The molecule has 0 bridgehead atoms. The number of furan rings is 1. The quantitative estimate of drug-likeness (QED) is 0.735. The van der Waals surface area contributed by atoms with E-state index in [0.717, 1.165) is 5.57 Å². The Bertz CT molecular complexity index is 863. The maximum atomic E-state index is 13.0. The number of piperazine rings is 1. The van der Waals surface area contributed by atoms with Gasteiger partial charge < -0.3 is 14.4 Å². The topological polar surface area (TPSA) is 108 Å². The molecule has 2 rings (SSSR count). The molecular weight excluding hydrogens is 372 g/mol. The second-order valence-corrected chi connectivity index (χ2v) is 8.89. The van der Waals surface area contributed by atoms with Crippen molar-refractivity contribution < 1.29 is 27.5 Å². The molecule has 1 aliphatic heterocycles. The van der Waals surface area contributed by atoms with E-state index >= 15 is 0 Å². The van der Waals surface area contributed by atoms with Gasteiger partial charge in [0.25, 0.3) is 0 Å². The number of nitrogens with zero attached hydrogens (tertiary/aromatic N) is 2. The minimum Gasteiger partial charge on any atom is -0.478 e. The summed E-state index contributed by atoms with van der Waals surface area (Å²) in [6.07, 6.45) is 0.590. The largest absolute Gasteiger partial charge is 0.478 e. The number of sulfonamides is 1. The van der Waals surface area contributed by atoms with Crippen molar-refractivity contribution in [1.82, 2.24) is 9.21 Å². The fourth-order valence-electron chi connectivity index (χ4n) is 3.42. The molecule has 0 aliphatic carbocycles. The van der Waals surface area contributed by atoms with Gasteiger partial charge in [0, 0.05) is 32.1 Å². The zero-order valence-corrected chi connectivity index (χ0v) is 16.9. The van der Waals surface area contributed by atoms with Gasteiger partial charge in [-0.1, -0.05) is 12.5 Å². The minimum absolute atomic E-state index is 0.0309. The number of rotatable bonds is 6. The van der Waals surface area contributed by atoms with Crippen LogP contribution in [-0.2, 0) is 14.8 Å². The molecule has 1 amide bonds. The van der Waals surface area contributed by atoms with Crippen LogP contribution in [0.5, 0.6) is 0 Å². The number of hydrogen-bond donors (Lipinski definition) is 1. The number of amides is 1. The summed E-state index contributed by atoms with van der Waals surface area (Å²) in [4.78, 5) is 25.3. The van der Waals surface area contributed by atoms with Crippen LogP contribution in [-0.4, -0.2) is 60.8 Å². The van der Waals surface area contributed by atoms with Crippen LogP contribution in [0.2, 0.25) is 0 Å². The number of hydrogen-bond acceptors (Lipinski definition) is 5. The maximum Gasteiger partial charge on any atom is 0.340 e. The van der Waals surface area contributed by atoms with Gasteiger partial charge >= 0.3 is 5.97 Å². The van der Waals surface area contributed by atoms with Gasteiger partial charge in [-0.2, -0.15) is 4.31 Å². The summed E-state index contributed by atoms with van der Waals surface area (Å²) in [7, 11) is -4.03. The van der Waals surface area contributed by atoms with Gasteiger partial charge in [-0.05, 0) is 27.2 Å². The normalized spacial score (nSPS) is 17.0. The SMILES string of the molecule is C=C(C)CC(C)C(=O)N1CCN(S(=O)(=O)c2c(C)oc(C)c2C(=O)O)CC1. The Kier molecular flexibility index (Phi) is 6.16. The summed E-state index contributed by atoms with van der Waals surface area (Å²) in [6.45, 7) is 11.1. The van der Waals surface area contributed by atoms with Crippen LogP contribution >= 0.6 is 0 Å². The lowest BCUT2D eigenvalue weighted by Gasteiger charge is -2.35. The Morgan fingerprint density at radius 3 is 2.22 bits per heavy atom. The fourth-order valence-corrected chi connectivity index (χ4v) is 5.22. The smallest absolute Gasteiger partial charge is 0.340 e. The van der Waals surface area contributed by atoms with Crippen molar-refractivity contribution in [3.05, 3.63) is 29.2 Å². The lowest BCUT2D eigenvalue weighted by Crippen LogP contribution is -2.51. The third-order valence-corrected chi connectivity index (χ3v) is 6.70. The highest BCUT2D eigenvalue weighted by molar-refractivity contribution is 7.89. The Labute approximate surface area is 159 Å². The van der Waals surface area contributed by atoms with Gasteiger partial charge in [0.05, 0.1) is 0 Å². The molecule has 0 spiro atoms. The van der Waals surface area contributed by atoms with E-state index in [2.05, 4.69) is 6.58 Å². The summed E-state index contributed by atoms with van der Waals surface area (Å²) < 4.78 is 32.4. The molecule has 1 aliphatic rings. The first-order chi connectivity index (χ1) is 12.5. The van der Waals surface area contributed by atoms with E-state index < -0.39 is 16.0 Å². The molecule has 0 aromatic carbocycles. The average Bonchev–Trinajstić information content (AvgIpc) is 2.88. The first-order valence-corrected chi connectivity index (χ1v) is 10.2. The molecule has 150 valence electrons. The number of allylic oxidation sites excluding steroid dienone is 1. The number of carboxylic acids is 1.